The zero-order valence-corrected chi connectivity index (χ0v) is 21.1. The first-order valence-electron chi connectivity index (χ1n) is 12.3. The van der Waals surface area contributed by atoms with Crippen molar-refractivity contribution >= 4 is 16.8 Å². The number of carbonyl (C=O) groups is 1. The predicted octanol–water partition coefficient (Wildman–Crippen LogP) is 3.74. The molecule has 1 aromatic heterocycles. The SMILES string of the molecule is O=C1c2c(O)cc(O)cc2OC(c2ccc(O)c(-c3cc(-c4oc5cc(O)cc(O)c5c(=O)c4O)ccc3O)c2)C1O. The van der Waals surface area contributed by atoms with Gasteiger partial charge in [-0.3, -0.25) is 9.59 Å². The Bertz CT molecular complexity index is 2010. The molecule has 4 aromatic carbocycles. The average molecular weight is 572 g/mol. The van der Waals surface area contributed by atoms with Gasteiger partial charge < -0.3 is 50.0 Å². The third-order valence-corrected chi connectivity index (χ3v) is 6.96. The van der Waals surface area contributed by atoms with Crippen molar-refractivity contribution < 1.29 is 54.8 Å². The number of ketones is 1. The Kier molecular flexibility index (Phi) is 5.87. The van der Waals surface area contributed by atoms with E-state index in [1.54, 1.807) is 0 Å². The summed E-state index contributed by atoms with van der Waals surface area (Å²) in [5.74, 6) is -4.89. The number of hydrogen-bond acceptors (Lipinski definition) is 12. The molecule has 2 unspecified atom stereocenters. The molecule has 0 amide bonds. The van der Waals surface area contributed by atoms with Gasteiger partial charge in [-0.2, -0.15) is 0 Å². The molecule has 2 heterocycles. The molecule has 0 radical (unpaired) electrons. The van der Waals surface area contributed by atoms with Gasteiger partial charge in [-0.25, -0.2) is 0 Å². The fourth-order valence-electron chi connectivity index (χ4n) is 4.97. The van der Waals surface area contributed by atoms with Crippen molar-refractivity contribution in [1.82, 2.24) is 0 Å². The molecule has 5 aromatic rings. The molecule has 1 aliphatic rings. The van der Waals surface area contributed by atoms with E-state index in [0.29, 0.717) is 0 Å². The van der Waals surface area contributed by atoms with Crippen LogP contribution in [-0.4, -0.2) is 52.7 Å². The summed E-state index contributed by atoms with van der Waals surface area (Å²) in [6.45, 7) is 0. The van der Waals surface area contributed by atoms with E-state index in [0.717, 1.165) is 24.3 Å². The highest BCUT2D eigenvalue weighted by molar-refractivity contribution is 6.05. The zero-order valence-electron chi connectivity index (χ0n) is 21.1. The van der Waals surface area contributed by atoms with Crippen LogP contribution in [0.4, 0.5) is 0 Å². The van der Waals surface area contributed by atoms with Crippen LogP contribution in [0.15, 0.2) is 69.9 Å². The number of aliphatic hydroxyl groups is 1. The number of rotatable bonds is 3. The number of fused-ring (bicyclic) bond motifs is 2. The summed E-state index contributed by atoms with van der Waals surface area (Å²) in [7, 11) is 0. The maximum atomic E-state index is 12.9. The molecule has 0 fully saturated rings. The predicted molar refractivity (Wildman–Crippen MR) is 145 cm³/mol. The Balaban J connectivity index is 1.46. The molecular formula is C30H20O12. The lowest BCUT2D eigenvalue weighted by molar-refractivity contribution is 0.0211. The molecule has 8 N–H and O–H groups in total. The van der Waals surface area contributed by atoms with Crippen LogP contribution in [0.2, 0.25) is 0 Å². The summed E-state index contributed by atoms with van der Waals surface area (Å²) in [6.07, 6.45) is -3.11. The highest BCUT2D eigenvalue weighted by Gasteiger charge is 2.39. The minimum atomic E-state index is -1.78. The first-order valence-corrected chi connectivity index (χ1v) is 12.3. The summed E-state index contributed by atoms with van der Waals surface area (Å²) in [5.41, 5.74) is -1.29. The topological polar surface area (TPSA) is 218 Å². The highest BCUT2D eigenvalue weighted by Crippen LogP contribution is 2.45. The van der Waals surface area contributed by atoms with Gasteiger partial charge in [-0.1, -0.05) is 6.07 Å². The molecule has 0 saturated heterocycles. The van der Waals surface area contributed by atoms with E-state index in [1.165, 1.54) is 36.4 Å². The fourth-order valence-corrected chi connectivity index (χ4v) is 4.97. The molecule has 12 nitrogen and oxygen atoms in total. The number of Topliss-reactive ketones (excluding diaryl/α,β-unsaturated/α-hetero) is 1. The largest absolute Gasteiger partial charge is 0.508 e. The van der Waals surface area contributed by atoms with Gasteiger partial charge in [0.1, 0.15) is 56.8 Å². The third-order valence-electron chi connectivity index (χ3n) is 6.96. The maximum absolute atomic E-state index is 12.9. The van der Waals surface area contributed by atoms with Gasteiger partial charge >= 0.3 is 0 Å². The van der Waals surface area contributed by atoms with Gasteiger partial charge in [-0.05, 0) is 35.9 Å². The van der Waals surface area contributed by atoms with Gasteiger partial charge in [0.05, 0.1) is 0 Å². The van der Waals surface area contributed by atoms with Crippen molar-refractivity contribution in [2.45, 2.75) is 12.2 Å². The molecule has 6 rings (SSSR count). The molecule has 0 aliphatic carbocycles. The van der Waals surface area contributed by atoms with E-state index in [9.17, 15) is 50.4 Å². The lowest BCUT2D eigenvalue weighted by Crippen LogP contribution is -2.36. The van der Waals surface area contributed by atoms with Crippen molar-refractivity contribution in [3.8, 4) is 68.4 Å². The Morgan fingerprint density at radius 1 is 0.667 bits per heavy atom. The first-order chi connectivity index (χ1) is 19.9. The van der Waals surface area contributed by atoms with E-state index in [-0.39, 0.29) is 67.5 Å². The molecule has 0 saturated carbocycles. The normalized spacial score (nSPS) is 16.3. The first kappa shape index (κ1) is 26.3. The fraction of sp³-hybridized carbons (Fsp3) is 0.0667. The van der Waals surface area contributed by atoms with Gasteiger partial charge in [-0.15, -0.1) is 0 Å². The van der Waals surface area contributed by atoms with Crippen molar-refractivity contribution in [1.29, 1.82) is 0 Å². The van der Waals surface area contributed by atoms with E-state index >= 15 is 0 Å². The van der Waals surface area contributed by atoms with Gasteiger partial charge in [0, 0.05) is 41.0 Å². The lowest BCUT2D eigenvalue weighted by Gasteiger charge is -2.30. The van der Waals surface area contributed by atoms with E-state index < -0.39 is 46.4 Å². The molecular weight excluding hydrogens is 552 g/mol. The average Bonchev–Trinajstić information content (AvgIpc) is 2.93. The van der Waals surface area contributed by atoms with Crippen molar-refractivity contribution in [3.05, 3.63) is 82.0 Å². The van der Waals surface area contributed by atoms with Crippen LogP contribution in [0.5, 0.6) is 46.0 Å². The number of benzene rings is 4. The van der Waals surface area contributed by atoms with Crippen molar-refractivity contribution in [2.24, 2.45) is 0 Å². The molecule has 0 spiro atoms. The molecule has 212 valence electrons. The van der Waals surface area contributed by atoms with Crippen LogP contribution in [0, 0.1) is 0 Å². The summed E-state index contributed by atoms with van der Waals surface area (Å²) >= 11 is 0. The Morgan fingerprint density at radius 3 is 2.05 bits per heavy atom. The van der Waals surface area contributed by atoms with Gasteiger partial charge in [0.2, 0.25) is 17.0 Å². The van der Waals surface area contributed by atoms with Crippen LogP contribution >= 0.6 is 0 Å². The second kappa shape index (κ2) is 9.35. The van der Waals surface area contributed by atoms with E-state index in [2.05, 4.69) is 0 Å². The Labute approximate surface area is 234 Å². The Hall–Kier alpha value is -5.88. The quantitative estimate of drug-likeness (QED) is 0.155. The maximum Gasteiger partial charge on any atom is 0.238 e. The summed E-state index contributed by atoms with van der Waals surface area (Å²) < 4.78 is 11.4. The molecule has 12 heteroatoms. The lowest BCUT2D eigenvalue weighted by atomic mass is 9.90. The Morgan fingerprint density at radius 2 is 1.31 bits per heavy atom. The zero-order chi connectivity index (χ0) is 30.0. The number of phenolic OH excluding ortho intramolecular Hbond substituents is 6. The van der Waals surface area contributed by atoms with Gasteiger partial charge in [0.25, 0.3) is 0 Å². The van der Waals surface area contributed by atoms with Crippen LogP contribution in [0.3, 0.4) is 0 Å². The van der Waals surface area contributed by atoms with Crippen LogP contribution < -0.4 is 10.2 Å². The standard InChI is InChI=1S/C30H20O12/c31-13-7-19(35)23-21(9-13)41-29(27(39)25(23)37)11-1-3-17(33)15(5-11)16-6-12(2-4-18(16)34)30-28(40)26(38)24-20(36)8-14(32)10-22(24)42-30/h1-10,27,29,31-36,39-40H. The van der Waals surface area contributed by atoms with Crippen LogP contribution in [0.1, 0.15) is 22.0 Å². The van der Waals surface area contributed by atoms with Crippen LogP contribution in [0.25, 0.3) is 33.4 Å². The molecule has 42 heavy (non-hydrogen) atoms. The molecule has 2 atom stereocenters. The minimum Gasteiger partial charge on any atom is -0.508 e. The summed E-state index contributed by atoms with van der Waals surface area (Å²) in [5, 5.41) is 82.2. The number of hydrogen-bond donors (Lipinski definition) is 8. The van der Waals surface area contributed by atoms with E-state index in [1.807, 2.05) is 0 Å². The number of aliphatic hydroxyl groups excluding tert-OH is 1. The minimum absolute atomic E-state index is 0.00225. The van der Waals surface area contributed by atoms with E-state index in [4.69, 9.17) is 9.15 Å². The van der Waals surface area contributed by atoms with Crippen molar-refractivity contribution in [3.63, 3.8) is 0 Å². The second-order valence-corrected chi connectivity index (χ2v) is 9.64. The van der Waals surface area contributed by atoms with Crippen LogP contribution in [-0.2, 0) is 0 Å². The number of carbonyl (C=O) groups excluding carboxylic acids is 1. The molecule has 0 bridgehead atoms. The number of ether oxygens (including phenoxy) is 1. The summed E-state index contributed by atoms with van der Waals surface area (Å²) in [6, 6.07) is 11.8. The highest BCUT2D eigenvalue weighted by atomic mass is 16.5. The van der Waals surface area contributed by atoms with Crippen molar-refractivity contribution in [2.75, 3.05) is 0 Å². The number of phenols is 6. The molecule has 1 aliphatic heterocycles. The second-order valence-electron chi connectivity index (χ2n) is 9.64. The van der Waals surface area contributed by atoms with Gasteiger partial charge in [0.15, 0.2) is 18.0 Å². The summed E-state index contributed by atoms with van der Waals surface area (Å²) in [4.78, 5) is 25.7. The monoisotopic (exact) mass is 572 g/mol. The number of aromatic hydroxyl groups is 7. The third kappa shape index (κ3) is 4.05. The smallest absolute Gasteiger partial charge is 0.238 e.